The van der Waals surface area contributed by atoms with Crippen molar-refractivity contribution in [1.29, 1.82) is 0 Å². The number of carbonyl (C=O) groups excluding carboxylic acids is 1. The molecule has 0 aromatic carbocycles. The van der Waals surface area contributed by atoms with Gasteiger partial charge in [0.15, 0.2) is 0 Å². The van der Waals surface area contributed by atoms with Gasteiger partial charge in [0.2, 0.25) is 5.91 Å². The molecular weight excluding hydrogens is 258 g/mol. The van der Waals surface area contributed by atoms with Crippen LogP contribution in [-0.2, 0) is 11.3 Å². The Morgan fingerprint density at radius 1 is 1.42 bits per heavy atom. The first kappa shape index (κ1) is 15.7. The van der Waals surface area contributed by atoms with E-state index in [0.29, 0.717) is 18.9 Å². The van der Waals surface area contributed by atoms with Gasteiger partial charge in [-0.1, -0.05) is 32.6 Å². The second kappa shape index (κ2) is 7.98. The van der Waals surface area contributed by atoms with Gasteiger partial charge in [0.1, 0.15) is 0 Å². The molecule has 1 rings (SSSR count). The number of carbonyl (C=O) groups is 1. The lowest BCUT2D eigenvalue weighted by molar-refractivity contribution is -0.125. The minimum Gasteiger partial charge on any atom is -0.395 e. The van der Waals surface area contributed by atoms with Crippen molar-refractivity contribution in [3.8, 4) is 11.8 Å². The lowest BCUT2D eigenvalue weighted by atomic mass is 9.97. The zero-order valence-corrected chi connectivity index (χ0v) is 12.5. The van der Waals surface area contributed by atoms with Crippen molar-refractivity contribution in [2.75, 3.05) is 6.61 Å². The first-order valence-electron chi connectivity index (χ1n) is 6.50. The lowest BCUT2D eigenvalue weighted by Crippen LogP contribution is -2.31. The van der Waals surface area contributed by atoms with Gasteiger partial charge in [0.05, 0.1) is 18.0 Å². The maximum atomic E-state index is 11.8. The molecule has 1 unspecified atom stereocenters. The van der Waals surface area contributed by atoms with Gasteiger partial charge in [-0.15, -0.1) is 11.3 Å². The van der Waals surface area contributed by atoms with E-state index in [1.54, 1.807) is 11.3 Å². The van der Waals surface area contributed by atoms with Crippen LogP contribution in [0.3, 0.4) is 0 Å². The summed E-state index contributed by atoms with van der Waals surface area (Å²) in [5.41, 5.74) is 0. The minimum absolute atomic E-state index is 0.0313. The predicted octanol–water partition coefficient (Wildman–Crippen LogP) is 2.39. The van der Waals surface area contributed by atoms with Crippen molar-refractivity contribution in [3.63, 3.8) is 0 Å². The second-order valence-electron chi connectivity index (χ2n) is 4.79. The van der Waals surface area contributed by atoms with Crippen molar-refractivity contribution >= 4 is 17.2 Å². The van der Waals surface area contributed by atoms with Crippen molar-refractivity contribution < 1.29 is 9.90 Å². The van der Waals surface area contributed by atoms with E-state index < -0.39 is 0 Å². The summed E-state index contributed by atoms with van der Waals surface area (Å²) in [5, 5.41) is 11.6. The van der Waals surface area contributed by atoms with E-state index in [9.17, 15) is 4.79 Å². The first-order valence-corrected chi connectivity index (χ1v) is 7.32. The van der Waals surface area contributed by atoms with Gasteiger partial charge in [0, 0.05) is 17.2 Å². The van der Waals surface area contributed by atoms with Crippen molar-refractivity contribution in [3.05, 3.63) is 21.9 Å². The number of aliphatic hydroxyl groups excluding tert-OH is 1. The number of aliphatic hydroxyl groups is 1. The highest BCUT2D eigenvalue weighted by Crippen LogP contribution is 2.16. The van der Waals surface area contributed by atoms with Gasteiger partial charge in [-0.05, 0) is 18.1 Å². The Bertz CT molecular complexity index is 468. The van der Waals surface area contributed by atoms with Crippen molar-refractivity contribution in [2.24, 2.45) is 11.8 Å². The summed E-state index contributed by atoms with van der Waals surface area (Å²) < 4.78 is 0. The summed E-state index contributed by atoms with van der Waals surface area (Å²) in [4.78, 5) is 13.9. The fraction of sp³-hybridized carbons (Fsp3) is 0.533. The molecule has 1 atom stereocenters. The summed E-state index contributed by atoms with van der Waals surface area (Å²) >= 11 is 1.58. The van der Waals surface area contributed by atoms with E-state index in [4.69, 9.17) is 5.11 Å². The second-order valence-corrected chi connectivity index (χ2v) is 5.96. The fourth-order valence-corrected chi connectivity index (χ4v) is 2.21. The van der Waals surface area contributed by atoms with E-state index in [-0.39, 0.29) is 18.4 Å². The molecule has 0 spiro atoms. The molecule has 3 nitrogen and oxygen atoms in total. The van der Waals surface area contributed by atoms with Gasteiger partial charge >= 0.3 is 0 Å². The molecule has 0 aliphatic rings. The molecule has 0 bridgehead atoms. The predicted molar refractivity (Wildman–Crippen MR) is 78.7 cm³/mol. The minimum atomic E-state index is 0.0313. The number of thiophene rings is 1. The maximum absolute atomic E-state index is 11.8. The van der Waals surface area contributed by atoms with Crippen molar-refractivity contribution in [1.82, 2.24) is 5.32 Å². The van der Waals surface area contributed by atoms with Crippen LogP contribution in [0.15, 0.2) is 12.1 Å². The van der Waals surface area contributed by atoms with Crippen LogP contribution in [0.25, 0.3) is 0 Å². The lowest BCUT2D eigenvalue weighted by Gasteiger charge is -2.14. The van der Waals surface area contributed by atoms with Gasteiger partial charge in [-0.2, -0.15) is 0 Å². The van der Waals surface area contributed by atoms with Crippen LogP contribution in [0.2, 0.25) is 0 Å². The number of hydrogen-bond donors (Lipinski definition) is 2. The Balaban J connectivity index is 2.47. The number of nitrogens with one attached hydrogen (secondary N) is 1. The molecule has 104 valence electrons. The molecule has 0 aliphatic carbocycles. The average Bonchev–Trinajstić information content (AvgIpc) is 2.83. The Hall–Kier alpha value is -1.31. The summed E-state index contributed by atoms with van der Waals surface area (Å²) in [5.74, 6) is 6.35. The van der Waals surface area contributed by atoms with Gasteiger partial charge in [0.25, 0.3) is 0 Å². The van der Waals surface area contributed by atoms with E-state index in [1.807, 2.05) is 32.9 Å². The molecule has 0 fully saturated rings. The molecule has 0 radical (unpaired) electrons. The van der Waals surface area contributed by atoms with Crippen molar-refractivity contribution in [2.45, 2.75) is 33.7 Å². The normalized spacial score (nSPS) is 11.8. The molecule has 0 saturated heterocycles. The number of amides is 1. The van der Waals surface area contributed by atoms with E-state index in [0.717, 1.165) is 9.75 Å². The standard InChI is InChI=1S/C15H21NO2S/c1-11(2)12(3)15(18)16-10-14-8-7-13(19-14)6-4-5-9-17/h7-8,11-12,17H,5,9-10H2,1-3H3,(H,16,18). The summed E-state index contributed by atoms with van der Waals surface area (Å²) in [6.07, 6.45) is 0.496. The van der Waals surface area contributed by atoms with Crippen LogP contribution < -0.4 is 5.32 Å². The van der Waals surface area contributed by atoms with Crippen LogP contribution in [0, 0.1) is 23.7 Å². The molecule has 1 heterocycles. The van der Waals surface area contributed by atoms with Gasteiger partial charge < -0.3 is 10.4 Å². The molecule has 1 amide bonds. The highest BCUT2D eigenvalue weighted by molar-refractivity contribution is 7.12. The Morgan fingerprint density at radius 2 is 2.16 bits per heavy atom. The Morgan fingerprint density at radius 3 is 2.79 bits per heavy atom. The molecule has 0 aliphatic heterocycles. The quantitative estimate of drug-likeness (QED) is 0.813. The third-order valence-electron chi connectivity index (χ3n) is 2.96. The highest BCUT2D eigenvalue weighted by Gasteiger charge is 2.16. The van der Waals surface area contributed by atoms with E-state index in [2.05, 4.69) is 17.2 Å². The molecule has 19 heavy (non-hydrogen) atoms. The average molecular weight is 279 g/mol. The van der Waals surface area contributed by atoms with Gasteiger partial charge in [-0.3, -0.25) is 4.79 Å². The molecule has 0 saturated carbocycles. The molecular formula is C15H21NO2S. The largest absolute Gasteiger partial charge is 0.395 e. The molecule has 1 aromatic rings. The third kappa shape index (κ3) is 5.46. The third-order valence-corrected chi connectivity index (χ3v) is 3.96. The molecule has 1 aromatic heterocycles. The summed E-state index contributed by atoms with van der Waals surface area (Å²) in [6.45, 7) is 6.69. The molecule has 2 N–H and O–H groups in total. The van der Waals surface area contributed by atoms with Gasteiger partial charge in [-0.25, -0.2) is 0 Å². The monoisotopic (exact) mass is 279 g/mol. The Kier molecular flexibility index (Phi) is 6.61. The summed E-state index contributed by atoms with van der Waals surface area (Å²) in [7, 11) is 0. The molecule has 4 heteroatoms. The van der Waals surface area contributed by atoms with Crippen LogP contribution in [0.4, 0.5) is 0 Å². The first-order chi connectivity index (χ1) is 9.04. The Labute approximate surface area is 119 Å². The fourth-order valence-electron chi connectivity index (χ4n) is 1.38. The van der Waals surface area contributed by atoms with E-state index >= 15 is 0 Å². The van der Waals surface area contributed by atoms with Crippen LogP contribution >= 0.6 is 11.3 Å². The maximum Gasteiger partial charge on any atom is 0.223 e. The van der Waals surface area contributed by atoms with Crippen LogP contribution in [0.5, 0.6) is 0 Å². The topological polar surface area (TPSA) is 49.3 Å². The van der Waals surface area contributed by atoms with E-state index in [1.165, 1.54) is 0 Å². The van der Waals surface area contributed by atoms with Crippen LogP contribution in [0.1, 0.15) is 36.9 Å². The smallest absolute Gasteiger partial charge is 0.223 e. The highest BCUT2D eigenvalue weighted by atomic mass is 32.1. The van der Waals surface area contributed by atoms with Crippen LogP contribution in [-0.4, -0.2) is 17.6 Å². The zero-order chi connectivity index (χ0) is 14.3. The zero-order valence-electron chi connectivity index (χ0n) is 11.7. The number of hydrogen-bond acceptors (Lipinski definition) is 3. The number of rotatable bonds is 5. The SMILES string of the molecule is CC(C)C(C)C(=O)NCc1ccc(C#CCCO)s1. The summed E-state index contributed by atoms with van der Waals surface area (Å²) in [6, 6.07) is 3.93.